The van der Waals surface area contributed by atoms with Gasteiger partial charge < -0.3 is 15.5 Å². The minimum atomic E-state index is 0.593. The van der Waals surface area contributed by atoms with E-state index in [1.165, 1.54) is 38.8 Å². The lowest BCUT2D eigenvalue weighted by Gasteiger charge is -2.40. The second-order valence-corrected chi connectivity index (χ2v) is 6.64. The fraction of sp³-hybridized carbons (Fsp3) is 1.00. The van der Waals surface area contributed by atoms with Crippen LogP contribution in [0.25, 0.3) is 0 Å². The summed E-state index contributed by atoms with van der Waals surface area (Å²) in [7, 11) is 4.56. The summed E-state index contributed by atoms with van der Waals surface area (Å²) in [5.74, 6) is 0.772. The van der Waals surface area contributed by atoms with Gasteiger partial charge in [0.2, 0.25) is 0 Å². The number of nitrogens with zero attached hydrogens (tertiary/aromatic N) is 2. The molecule has 0 saturated heterocycles. The van der Waals surface area contributed by atoms with Gasteiger partial charge in [-0.2, -0.15) is 0 Å². The lowest BCUT2D eigenvalue weighted by atomic mass is 9.96. The van der Waals surface area contributed by atoms with Gasteiger partial charge in [0.15, 0.2) is 0 Å². The molecule has 2 unspecified atom stereocenters. The average Bonchev–Trinajstić information content (AvgIpc) is 2.40. The largest absolute Gasteiger partial charge is 0.330 e. The summed E-state index contributed by atoms with van der Waals surface area (Å²) in [4.78, 5) is 5.11. The van der Waals surface area contributed by atoms with Crippen LogP contribution in [0.3, 0.4) is 0 Å². The Morgan fingerprint density at radius 3 is 1.80 bits per heavy atom. The Kier molecular flexibility index (Phi) is 11.5. The van der Waals surface area contributed by atoms with Crippen molar-refractivity contribution in [3.05, 3.63) is 0 Å². The number of rotatable bonds is 12. The van der Waals surface area contributed by atoms with E-state index in [0.29, 0.717) is 12.1 Å². The van der Waals surface area contributed by atoms with E-state index < -0.39 is 0 Å². The van der Waals surface area contributed by atoms with Crippen molar-refractivity contribution >= 4 is 0 Å². The Hall–Kier alpha value is -0.120. The van der Waals surface area contributed by atoms with Gasteiger partial charge in [-0.25, -0.2) is 0 Å². The third-order valence-electron chi connectivity index (χ3n) is 4.26. The van der Waals surface area contributed by atoms with Crippen molar-refractivity contribution in [2.45, 2.75) is 71.9 Å². The third kappa shape index (κ3) is 7.61. The number of nitrogens with two attached hydrogens (primary N) is 1. The Morgan fingerprint density at radius 1 is 0.800 bits per heavy atom. The highest BCUT2D eigenvalue weighted by Gasteiger charge is 2.26. The maximum atomic E-state index is 5.89. The minimum Gasteiger partial charge on any atom is -0.330 e. The van der Waals surface area contributed by atoms with Gasteiger partial charge in [0.1, 0.15) is 0 Å². The molecule has 0 amide bonds. The molecule has 3 heteroatoms. The fourth-order valence-electron chi connectivity index (χ4n) is 3.03. The van der Waals surface area contributed by atoms with Gasteiger partial charge in [-0.15, -0.1) is 0 Å². The molecule has 2 atom stereocenters. The number of hydrogen-bond acceptors (Lipinski definition) is 3. The summed E-state index contributed by atoms with van der Waals surface area (Å²) in [5.41, 5.74) is 5.89. The zero-order valence-corrected chi connectivity index (χ0v) is 14.9. The first kappa shape index (κ1) is 19.9. The van der Waals surface area contributed by atoms with Crippen LogP contribution in [0.2, 0.25) is 0 Å². The molecule has 0 aliphatic rings. The van der Waals surface area contributed by atoms with E-state index in [0.717, 1.165) is 18.9 Å². The molecule has 0 aliphatic heterocycles. The molecule has 0 rings (SSSR count). The van der Waals surface area contributed by atoms with Crippen LogP contribution in [0.15, 0.2) is 0 Å². The molecule has 20 heavy (non-hydrogen) atoms. The van der Waals surface area contributed by atoms with E-state index in [1.54, 1.807) is 0 Å². The molecule has 0 aliphatic carbocycles. The highest BCUT2D eigenvalue weighted by Crippen LogP contribution is 2.18. The van der Waals surface area contributed by atoms with Gasteiger partial charge in [-0.05, 0) is 65.3 Å². The Labute approximate surface area is 127 Å². The van der Waals surface area contributed by atoms with Gasteiger partial charge in [-0.1, -0.05) is 34.1 Å². The van der Waals surface area contributed by atoms with Crippen molar-refractivity contribution < 1.29 is 0 Å². The number of likely N-dealkylation sites (N-methyl/N-ethyl adjacent to an activating group) is 2. The highest BCUT2D eigenvalue weighted by atomic mass is 15.2. The van der Waals surface area contributed by atoms with E-state index in [4.69, 9.17) is 5.73 Å². The Morgan fingerprint density at radius 2 is 1.35 bits per heavy atom. The molecule has 0 aromatic carbocycles. The smallest absolute Gasteiger partial charge is 0.0260 e. The average molecular weight is 286 g/mol. The zero-order valence-electron chi connectivity index (χ0n) is 14.9. The monoisotopic (exact) mass is 285 g/mol. The maximum Gasteiger partial charge on any atom is 0.0260 e. The zero-order chi connectivity index (χ0) is 15.5. The molecular formula is C17H39N3. The van der Waals surface area contributed by atoms with Crippen molar-refractivity contribution in [1.29, 1.82) is 0 Å². The van der Waals surface area contributed by atoms with Gasteiger partial charge in [0, 0.05) is 12.1 Å². The lowest BCUT2D eigenvalue weighted by Crippen LogP contribution is -2.50. The van der Waals surface area contributed by atoms with E-state index in [1.807, 2.05) is 0 Å². The molecule has 2 N–H and O–H groups in total. The first-order valence-corrected chi connectivity index (χ1v) is 8.58. The summed E-state index contributed by atoms with van der Waals surface area (Å²) in [6.07, 6.45) is 6.12. The molecule has 0 spiro atoms. The van der Waals surface area contributed by atoms with Crippen LogP contribution >= 0.6 is 0 Å². The fourth-order valence-corrected chi connectivity index (χ4v) is 3.03. The quantitative estimate of drug-likeness (QED) is 0.598. The van der Waals surface area contributed by atoms with E-state index in [2.05, 4.69) is 51.6 Å². The summed E-state index contributed by atoms with van der Waals surface area (Å²) >= 11 is 0. The first-order valence-electron chi connectivity index (χ1n) is 8.58. The molecule has 0 bridgehead atoms. The highest BCUT2D eigenvalue weighted by molar-refractivity contribution is 4.84. The molecule has 0 saturated carbocycles. The lowest BCUT2D eigenvalue weighted by molar-refractivity contribution is 0.0967. The molecule has 0 heterocycles. The van der Waals surface area contributed by atoms with Crippen molar-refractivity contribution in [2.75, 3.05) is 33.7 Å². The molecule has 0 aromatic rings. The van der Waals surface area contributed by atoms with Gasteiger partial charge in [-0.3, -0.25) is 0 Å². The van der Waals surface area contributed by atoms with Crippen molar-refractivity contribution in [1.82, 2.24) is 9.80 Å². The summed E-state index contributed by atoms with van der Waals surface area (Å²) < 4.78 is 0. The van der Waals surface area contributed by atoms with Gasteiger partial charge in [0.25, 0.3) is 0 Å². The molecule has 122 valence electrons. The van der Waals surface area contributed by atoms with Crippen LogP contribution in [0.4, 0.5) is 0 Å². The van der Waals surface area contributed by atoms with Crippen molar-refractivity contribution in [3.8, 4) is 0 Å². The Balaban J connectivity index is 4.76. The minimum absolute atomic E-state index is 0.593. The normalized spacial score (nSPS) is 15.3. The Bertz CT molecular complexity index is 218. The third-order valence-corrected chi connectivity index (χ3v) is 4.26. The van der Waals surface area contributed by atoms with Crippen molar-refractivity contribution in [3.63, 3.8) is 0 Å². The molecular weight excluding hydrogens is 246 g/mol. The molecule has 0 radical (unpaired) electrons. The SMILES string of the molecule is CCCC(C(CCN)N(C)CCC(C)C)N(C)CCC. The summed E-state index contributed by atoms with van der Waals surface area (Å²) in [6.45, 7) is 12.3. The van der Waals surface area contributed by atoms with Crippen LogP contribution in [0, 0.1) is 5.92 Å². The number of hydrogen-bond donors (Lipinski definition) is 1. The van der Waals surface area contributed by atoms with Crippen LogP contribution < -0.4 is 5.73 Å². The predicted octanol–water partition coefficient (Wildman–Crippen LogP) is 3.19. The summed E-state index contributed by atoms with van der Waals surface area (Å²) in [5, 5.41) is 0. The molecule has 3 nitrogen and oxygen atoms in total. The summed E-state index contributed by atoms with van der Waals surface area (Å²) in [6, 6.07) is 1.23. The van der Waals surface area contributed by atoms with Gasteiger partial charge >= 0.3 is 0 Å². The van der Waals surface area contributed by atoms with Crippen LogP contribution in [-0.4, -0.2) is 55.6 Å². The van der Waals surface area contributed by atoms with Crippen LogP contribution in [-0.2, 0) is 0 Å². The standard InChI is InChI=1S/C17H39N3/c1-7-9-16(19(5)13-8-2)17(10-12-18)20(6)14-11-15(3)4/h15-17H,7-14,18H2,1-6H3. The van der Waals surface area contributed by atoms with Crippen LogP contribution in [0.1, 0.15) is 59.8 Å². The second-order valence-electron chi connectivity index (χ2n) is 6.64. The molecule has 0 aromatic heterocycles. The second kappa shape index (κ2) is 11.5. The first-order chi connectivity index (χ1) is 9.47. The van der Waals surface area contributed by atoms with E-state index >= 15 is 0 Å². The van der Waals surface area contributed by atoms with Crippen molar-refractivity contribution in [2.24, 2.45) is 11.7 Å². The van der Waals surface area contributed by atoms with Crippen LogP contribution in [0.5, 0.6) is 0 Å². The van der Waals surface area contributed by atoms with Gasteiger partial charge in [0.05, 0.1) is 0 Å². The molecule has 0 fully saturated rings. The van der Waals surface area contributed by atoms with E-state index in [9.17, 15) is 0 Å². The maximum absolute atomic E-state index is 5.89. The van der Waals surface area contributed by atoms with E-state index in [-0.39, 0.29) is 0 Å². The topological polar surface area (TPSA) is 32.5 Å². The predicted molar refractivity (Wildman–Crippen MR) is 91.2 cm³/mol.